The molecule has 0 aromatic carbocycles. The monoisotopic (exact) mass is 253 g/mol. The first-order valence-electron chi connectivity index (χ1n) is 6.22. The van der Waals surface area contributed by atoms with Crippen LogP contribution in [-0.2, 0) is 17.6 Å². The van der Waals surface area contributed by atoms with E-state index in [9.17, 15) is 4.79 Å². The Labute approximate surface area is 109 Å². The van der Waals surface area contributed by atoms with Gasteiger partial charge in [-0.15, -0.1) is 11.3 Å². The highest BCUT2D eigenvalue weighted by molar-refractivity contribution is 7.12. The molecule has 1 aromatic heterocycles. The minimum absolute atomic E-state index is 0.314. The molecule has 0 saturated heterocycles. The number of likely N-dealkylation sites (N-methyl/N-ethyl adjacent to an activating group) is 1. The number of Topliss-reactive ketones (excluding diaryl/α,β-unsaturated/α-hetero) is 1. The average molecular weight is 253 g/mol. The molecule has 0 aliphatic carbocycles. The Bertz CT molecular complexity index is 383. The van der Waals surface area contributed by atoms with Crippen LogP contribution in [0.15, 0.2) is 12.1 Å². The minimum Gasteiger partial charge on any atom is -0.297 e. The summed E-state index contributed by atoms with van der Waals surface area (Å²) in [5.74, 6) is 0.314. The maximum atomic E-state index is 12.4. The number of hydrogen-bond acceptors (Lipinski definition) is 3. The molecule has 3 heteroatoms. The summed E-state index contributed by atoms with van der Waals surface area (Å²) in [6, 6.07) is 4.22. The molecule has 0 bridgehead atoms. The van der Waals surface area contributed by atoms with Crippen molar-refractivity contribution in [3.8, 4) is 0 Å². The van der Waals surface area contributed by atoms with Crippen molar-refractivity contribution in [1.82, 2.24) is 4.90 Å². The van der Waals surface area contributed by atoms with Crippen molar-refractivity contribution in [1.29, 1.82) is 0 Å². The molecule has 17 heavy (non-hydrogen) atoms. The van der Waals surface area contributed by atoms with Crippen LogP contribution in [0.25, 0.3) is 0 Å². The normalized spacial score (nSPS) is 14.9. The second-order valence-electron chi connectivity index (χ2n) is 4.84. The SMILES string of the molecule is CCc1ccc(CC(=O)C(C)(CC)N(C)C)s1. The van der Waals surface area contributed by atoms with E-state index >= 15 is 0 Å². The number of thiophene rings is 1. The lowest BCUT2D eigenvalue weighted by molar-refractivity contribution is -0.128. The van der Waals surface area contributed by atoms with E-state index in [0.29, 0.717) is 12.2 Å². The van der Waals surface area contributed by atoms with Crippen molar-refractivity contribution >= 4 is 17.1 Å². The number of nitrogens with zero attached hydrogens (tertiary/aromatic N) is 1. The van der Waals surface area contributed by atoms with E-state index < -0.39 is 0 Å². The van der Waals surface area contributed by atoms with Gasteiger partial charge in [-0.05, 0) is 46.0 Å². The molecule has 0 amide bonds. The highest BCUT2D eigenvalue weighted by Crippen LogP contribution is 2.23. The predicted molar refractivity (Wildman–Crippen MR) is 74.8 cm³/mol. The van der Waals surface area contributed by atoms with Crippen LogP contribution in [0.5, 0.6) is 0 Å². The van der Waals surface area contributed by atoms with E-state index in [1.165, 1.54) is 9.75 Å². The third-order valence-corrected chi connectivity index (χ3v) is 4.91. The third kappa shape index (κ3) is 3.17. The first-order valence-corrected chi connectivity index (χ1v) is 7.04. The third-order valence-electron chi connectivity index (χ3n) is 3.68. The summed E-state index contributed by atoms with van der Waals surface area (Å²) in [5.41, 5.74) is -0.337. The summed E-state index contributed by atoms with van der Waals surface area (Å²) >= 11 is 1.76. The zero-order chi connectivity index (χ0) is 13.1. The quantitative estimate of drug-likeness (QED) is 0.776. The fraction of sp³-hybridized carbons (Fsp3) is 0.643. The van der Waals surface area contributed by atoms with Crippen LogP contribution in [0.4, 0.5) is 0 Å². The second-order valence-corrected chi connectivity index (χ2v) is 6.10. The van der Waals surface area contributed by atoms with Crippen LogP contribution in [0.2, 0.25) is 0 Å². The first-order chi connectivity index (χ1) is 7.93. The maximum absolute atomic E-state index is 12.4. The molecule has 0 radical (unpaired) electrons. The van der Waals surface area contributed by atoms with Gasteiger partial charge in [0.2, 0.25) is 0 Å². The van der Waals surface area contributed by atoms with E-state index in [1.54, 1.807) is 11.3 Å². The van der Waals surface area contributed by atoms with Crippen molar-refractivity contribution < 1.29 is 4.79 Å². The number of aryl methyl sites for hydroxylation is 1. The van der Waals surface area contributed by atoms with Crippen LogP contribution < -0.4 is 0 Å². The van der Waals surface area contributed by atoms with Gasteiger partial charge in [0, 0.05) is 16.2 Å². The standard InChI is InChI=1S/C14H23NOS/c1-6-11-8-9-12(17-11)10-13(16)14(3,7-2)15(4)5/h8-9H,6-7,10H2,1-5H3. The molecule has 1 aromatic rings. The summed E-state index contributed by atoms with van der Waals surface area (Å²) in [4.78, 5) is 16.9. The summed E-state index contributed by atoms with van der Waals surface area (Å²) in [7, 11) is 3.96. The van der Waals surface area contributed by atoms with E-state index in [-0.39, 0.29) is 5.54 Å². The van der Waals surface area contributed by atoms with Gasteiger partial charge < -0.3 is 0 Å². The molecule has 1 heterocycles. The lowest BCUT2D eigenvalue weighted by Crippen LogP contribution is -2.48. The van der Waals surface area contributed by atoms with Crippen LogP contribution in [0, 0.1) is 0 Å². The largest absolute Gasteiger partial charge is 0.297 e. The maximum Gasteiger partial charge on any atom is 0.157 e. The zero-order valence-electron chi connectivity index (χ0n) is 11.5. The summed E-state index contributed by atoms with van der Waals surface area (Å²) < 4.78 is 0. The van der Waals surface area contributed by atoms with Gasteiger partial charge >= 0.3 is 0 Å². The Hall–Kier alpha value is -0.670. The zero-order valence-corrected chi connectivity index (χ0v) is 12.4. The van der Waals surface area contributed by atoms with Gasteiger partial charge in [-0.3, -0.25) is 9.69 Å². The molecular weight excluding hydrogens is 230 g/mol. The first kappa shape index (κ1) is 14.4. The summed E-state index contributed by atoms with van der Waals surface area (Å²) in [5, 5.41) is 0. The van der Waals surface area contributed by atoms with Crippen molar-refractivity contribution in [2.45, 2.75) is 45.6 Å². The molecule has 0 N–H and O–H groups in total. The second kappa shape index (κ2) is 5.78. The number of rotatable bonds is 6. The fourth-order valence-corrected chi connectivity index (χ4v) is 2.78. The van der Waals surface area contributed by atoms with Crippen molar-refractivity contribution in [2.75, 3.05) is 14.1 Å². The van der Waals surface area contributed by atoms with Gasteiger partial charge in [-0.2, -0.15) is 0 Å². The lowest BCUT2D eigenvalue weighted by Gasteiger charge is -2.33. The van der Waals surface area contributed by atoms with E-state index in [1.807, 2.05) is 25.9 Å². The van der Waals surface area contributed by atoms with Gasteiger partial charge in [0.15, 0.2) is 5.78 Å². The van der Waals surface area contributed by atoms with Gasteiger partial charge in [-0.25, -0.2) is 0 Å². The molecule has 2 nitrogen and oxygen atoms in total. The van der Waals surface area contributed by atoms with Crippen LogP contribution in [-0.4, -0.2) is 30.3 Å². The highest BCUT2D eigenvalue weighted by atomic mass is 32.1. The molecule has 1 rings (SSSR count). The number of hydrogen-bond donors (Lipinski definition) is 0. The predicted octanol–water partition coefficient (Wildman–Crippen LogP) is 3.15. The van der Waals surface area contributed by atoms with Crippen LogP contribution in [0.3, 0.4) is 0 Å². The van der Waals surface area contributed by atoms with Crippen molar-refractivity contribution in [3.63, 3.8) is 0 Å². The lowest BCUT2D eigenvalue weighted by atomic mass is 9.89. The molecule has 0 saturated carbocycles. The number of carbonyl (C=O) groups is 1. The molecular formula is C14H23NOS. The molecule has 0 spiro atoms. The Morgan fingerprint density at radius 2 is 1.88 bits per heavy atom. The number of ketones is 1. The highest BCUT2D eigenvalue weighted by Gasteiger charge is 2.33. The Balaban J connectivity index is 2.77. The molecule has 0 aliphatic rings. The average Bonchev–Trinajstić information content (AvgIpc) is 2.75. The van der Waals surface area contributed by atoms with E-state index in [0.717, 1.165) is 12.8 Å². The van der Waals surface area contributed by atoms with Crippen molar-refractivity contribution in [2.24, 2.45) is 0 Å². The minimum atomic E-state index is -0.337. The Kier molecular flexibility index (Phi) is 4.90. The molecule has 0 aliphatic heterocycles. The summed E-state index contributed by atoms with van der Waals surface area (Å²) in [6.45, 7) is 6.25. The Morgan fingerprint density at radius 1 is 1.29 bits per heavy atom. The molecule has 0 fully saturated rings. The number of carbonyl (C=O) groups excluding carboxylic acids is 1. The Morgan fingerprint density at radius 3 is 2.29 bits per heavy atom. The van der Waals surface area contributed by atoms with Crippen LogP contribution in [0.1, 0.15) is 36.9 Å². The van der Waals surface area contributed by atoms with Gasteiger partial charge in [0.25, 0.3) is 0 Å². The topological polar surface area (TPSA) is 20.3 Å². The van der Waals surface area contributed by atoms with Gasteiger partial charge in [-0.1, -0.05) is 13.8 Å². The van der Waals surface area contributed by atoms with Gasteiger partial charge in [0.1, 0.15) is 0 Å². The summed E-state index contributed by atoms with van der Waals surface area (Å²) in [6.07, 6.45) is 2.47. The smallest absolute Gasteiger partial charge is 0.157 e. The van der Waals surface area contributed by atoms with E-state index in [4.69, 9.17) is 0 Å². The van der Waals surface area contributed by atoms with Gasteiger partial charge in [0.05, 0.1) is 5.54 Å². The fourth-order valence-electron chi connectivity index (χ4n) is 1.82. The van der Waals surface area contributed by atoms with Crippen molar-refractivity contribution in [3.05, 3.63) is 21.9 Å². The van der Waals surface area contributed by atoms with Crippen LogP contribution >= 0.6 is 11.3 Å². The molecule has 1 atom stereocenters. The molecule has 96 valence electrons. The molecule has 1 unspecified atom stereocenters. The van der Waals surface area contributed by atoms with E-state index in [2.05, 4.69) is 26.0 Å².